The van der Waals surface area contributed by atoms with Crippen molar-refractivity contribution in [2.24, 2.45) is 5.10 Å². The molecule has 0 saturated heterocycles. The second-order valence-corrected chi connectivity index (χ2v) is 9.52. The van der Waals surface area contributed by atoms with Gasteiger partial charge in [-0.2, -0.15) is 5.10 Å². The summed E-state index contributed by atoms with van der Waals surface area (Å²) in [5.74, 6) is -0.615. The van der Waals surface area contributed by atoms with Crippen LogP contribution in [0.5, 0.6) is 5.75 Å². The van der Waals surface area contributed by atoms with Crippen LogP contribution in [-0.4, -0.2) is 50.8 Å². The van der Waals surface area contributed by atoms with Crippen molar-refractivity contribution < 1.29 is 27.7 Å². The zero-order valence-electron chi connectivity index (χ0n) is 19.6. The number of rotatable bonds is 11. The molecule has 3 aromatic rings. The van der Waals surface area contributed by atoms with Crippen LogP contribution in [0.2, 0.25) is 0 Å². The monoisotopic (exact) mass is 525 g/mol. The van der Waals surface area contributed by atoms with Crippen LogP contribution in [0.1, 0.15) is 5.56 Å². The predicted octanol–water partition coefficient (Wildman–Crippen LogP) is 2.53. The van der Waals surface area contributed by atoms with Gasteiger partial charge in [0.2, 0.25) is 10.0 Å². The summed E-state index contributed by atoms with van der Waals surface area (Å²) in [5, 5.41) is 17.5. The van der Waals surface area contributed by atoms with E-state index in [1.165, 1.54) is 24.4 Å². The second-order valence-electron chi connectivity index (χ2n) is 7.61. The van der Waals surface area contributed by atoms with Gasteiger partial charge < -0.3 is 10.1 Å². The number of non-ortho nitro benzene ring substituents is 1. The summed E-state index contributed by atoms with van der Waals surface area (Å²) in [7, 11) is -3.91. The molecule has 3 rings (SSSR count). The Morgan fingerprint density at radius 1 is 1.03 bits per heavy atom. The number of para-hydroxylation sites is 1. The lowest BCUT2D eigenvalue weighted by Crippen LogP contribution is -2.39. The van der Waals surface area contributed by atoms with Crippen LogP contribution in [0, 0.1) is 10.1 Å². The van der Waals surface area contributed by atoms with Crippen molar-refractivity contribution in [3.8, 4) is 5.75 Å². The molecule has 0 fully saturated rings. The third-order valence-corrected chi connectivity index (χ3v) is 5.87. The van der Waals surface area contributed by atoms with E-state index in [2.05, 4.69) is 15.8 Å². The molecule has 0 atom stereocenters. The molecule has 0 unspecified atom stereocenters. The molecule has 0 bridgehead atoms. The molecule has 0 spiro atoms. The lowest BCUT2D eigenvalue weighted by atomic mass is 10.2. The maximum Gasteiger partial charge on any atom is 0.271 e. The average Bonchev–Trinajstić information content (AvgIpc) is 2.87. The molecular weight excluding hydrogens is 502 g/mol. The number of sulfonamides is 1. The minimum atomic E-state index is -3.91. The number of anilines is 2. The first kappa shape index (κ1) is 26.8. The number of hydrazone groups is 1. The van der Waals surface area contributed by atoms with E-state index in [0.29, 0.717) is 17.0 Å². The van der Waals surface area contributed by atoms with Gasteiger partial charge in [0.15, 0.2) is 6.61 Å². The molecule has 3 aromatic carbocycles. The lowest BCUT2D eigenvalue weighted by Gasteiger charge is -2.21. The number of nitrogens with zero attached hydrogens (tertiary/aromatic N) is 3. The number of hydrogen-bond donors (Lipinski definition) is 2. The maximum atomic E-state index is 12.3. The van der Waals surface area contributed by atoms with Crippen molar-refractivity contribution >= 4 is 45.1 Å². The van der Waals surface area contributed by atoms with Gasteiger partial charge in [0.05, 0.1) is 23.1 Å². The van der Waals surface area contributed by atoms with Crippen molar-refractivity contribution in [1.82, 2.24) is 5.43 Å². The van der Waals surface area contributed by atoms with E-state index in [9.17, 15) is 28.1 Å². The Bertz CT molecular complexity index is 1390. The molecule has 0 aliphatic heterocycles. The molecule has 192 valence electrons. The Kier molecular flexibility index (Phi) is 8.89. The van der Waals surface area contributed by atoms with Crippen LogP contribution in [0.3, 0.4) is 0 Å². The van der Waals surface area contributed by atoms with Crippen molar-refractivity contribution in [2.75, 3.05) is 29.0 Å². The van der Waals surface area contributed by atoms with Gasteiger partial charge in [0, 0.05) is 17.8 Å². The number of benzene rings is 3. The molecule has 0 aromatic heterocycles. The SMILES string of the molecule is CS(=O)(=O)N(CC(=O)N/N=C\c1ccc(OCC(=O)Nc2ccccc2)cc1)c1cccc([N+](=O)[O-])c1. The predicted molar refractivity (Wildman–Crippen MR) is 138 cm³/mol. The third kappa shape index (κ3) is 8.43. The molecule has 12 nitrogen and oxygen atoms in total. The van der Waals surface area contributed by atoms with Gasteiger partial charge in [0.1, 0.15) is 12.3 Å². The Morgan fingerprint density at radius 2 is 1.73 bits per heavy atom. The fourth-order valence-corrected chi connectivity index (χ4v) is 3.87. The number of carbonyl (C=O) groups is 2. The summed E-state index contributed by atoms with van der Waals surface area (Å²) in [5.41, 5.74) is 3.15. The Hall–Kier alpha value is -4.78. The van der Waals surface area contributed by atoms with Crippen LogP contribution in [0.4, 0.5) is 17.1 Å². The average molecular weight is 526 g/mol. The topological polar surface area (TPSA) is 160 Å². The summed E-state index contributed by atoms with van der Waals surface area (Å²) >= 11 is 0. The second kappa shape index (κ2) is 12.3. The minimum absolute atomic E-state index is 0.0242. The summed E-state index contributed by atoms with van der Waals surface area (Å²) < 4.78 is 30.5. The molecule has 37 heavy (non-hydrogen) atoms. The number of ether oxygens (including phenoxy) is 1. The Labute approximate surface area is 212 Å². The highest BCUT2D eigenvalue weighted by molar-refractivity contribution is 7.92. The standard InChI is InChI=1S/C24H23N5O7S/c1-37(34,35)28(20-8-5-9-21(14-20)29(32)33)16-23(30)27-25-15-18-10-12-22(13-11-18)36-17-24(31)26-19-6-3-2-4-7-19/h2-15H,16-17H2,1H3,(H,26,31)(H,27,30)/b25-15-. The van der Waals surface area contributed by atoms with Crippen LogP contribution >= 0.6 is 0 Å². The summed E-state index contributed by atoms with van der Waals surface area (Å²) in [6.45, 7) is -0.811. The van der Waals surface area contributed by atoms with Crippen LogP contribution in [0.15, 0.2) is 84.0 Å². The van der Waals surface area contributed by atoms with E-state index in [1.54, 1.807) is 48.5 Å². The van der Waals surface area contributed by atoms with Gasteiger partial charge in [-0.1, -0.05) is 24.3 Å². The number of nitro groups is 1. The first-order chi connectivity index (χ1) is 17.6. The van der Waals surface area contributed by atoms with Gasteiger partial charge in [-0.3, -0.25) is 24.0 Å². The van der Waals surface area contributed by atoms with E-state index in [1.807, 2.05) is 6.07 Å². The van der Waals surface area contributed by atoms with Crippen molar-refractivity contribution in [3.63, 3.8) is 0 Å². The van der Waals surface area contributed by atoms with E-state index < -0.39 is 27.4 Å². The van der Waals surface area contributed by atoms with Gasteiger partial charge in [-0.05, 0) is 48.0 Å². The number of nitro benzene ring substituents is 1. The molecule has 13 heteroatoms. The fraction of sp³-hybridized carbons (Fsp3) is 0.125. The summed E-state index contributed by atoms with van der Waals surface area (Å²) in [6, 6.07) is 20.4. The quantitative estimate of drug-likeness (QED) is 0.221. The molecule has 0 aliphatic carbocycles. The van der Waals surface area contributed by atoms with Crippen molar-refractivity contribution in [1.29, 1.82) is 0 Å². The maximum absolute atomic E-state index is 12.3. The molecular formula is C24H23N5O7S. The third-order valence-electron chi connectivity index (χ3n) is 4.73. The van der Waals surface area contributed by atoms with E-state index in [-0.39, 0.29) is 23.9 Å². The molecule has 0 saturated carbocycles. The molecule has 0 heterocycles. The smallest absolute Gasteiger partial charge is 0.271 e. The largest absolute Gasteiger partial charge is 0.484 e. The highest BCUT2D eigenvalue weighted by atomic mass is 32.2. The van der Waals surface area contributed by atoms with Crippen molar-refractivity contribution in [2.45, 2.75) is 0 Å². The highest BCUT2D eigenvalue weighted by Gasteiger charge is 2.22. The van der Waals surface area contributed by atoms with E-state index in [4.69, 9.17) is 4.74 Å². The van der Waals surface area contributed by atoms with Crippen LogP contribution in [-0.2, 0) is 19.6 Å². The normalized spacial score (nSPS) is 11.1. The first-order valence-electron chi connectivity index (χ1n) is 10.7. The van der Waals surface area contributed by atoms with Crippen LogP contribution in [0.25, 0.3) is 0 Å². The van der Waals surface area contributed by atoms with Gasteiger partial charge in [0.25, 0.3) is 17.5 Å². The zero-order chi connectivity index (χ0) is 26.8. The Morgan fingerprint density at radius 3 is 2.38 bits per heavy atom. The fourth-order valence-electron chi connectivity index (χ4n) is 3.02. The number of hydrogen-bond acceptors (Lipinski definition) is 8. The molecule has 0 aliphatic rings. The number of nitrogens with one attached hydrogen (secondary N) is 2. The first-order valence-corrected chi connectivity index (χ1v) is 12.6. The summed E-state index contributed by atoms with van der Waals surface area (Å²) in [6.07, 6.45) is 2.22. The van der Waals surface area contributed by atoms with E-state index >= 15 is 0 Å². The van der Waals surface area contributed by atoms with Gasteiger partial charge >= 0.3 is 0 Å². The summed E-state index contributed by atoms with van der Waals surface area (Å²) in [4.78, 5) is 34.6. The van der Waals surface area contributed by atoms with Gasteiger partial charge in [-0.25, -0.2) is 13.8 Å². The van der Waals surface area contributed by atoms with Crippen LogP contribution < -0.4 is 19.8 Å². The molecule has 0 radical (unpaired) electrons. The van der Waals surface area contributed by atoms with E-state index in [0.717, 1.165) is 16.6 Å². The minimum Gasteiger partial charge on any atom is -0.484 e. The lowest BCUT2D eigenvalue weighted by molar-refractivity contribution is -0.384. The highest BCUT2D eigenvalue weighted by Crippen LogP contribution is 2.23. The molecule has 2 amide bonds. The van der Waals surface area contributed by atoms with Crippen molar-refractivity contribution in [3.05, 3.63) is 94.5 Å². The van der Waals surface area contributed by atoms with Gasteiger partial charge in [-0.15, -0.1) is 0 Å². The number of amides is 2. The Balaban J connectivity index is 1.52. The molecule has 2 N–H and O–H groups in total. The number of carbonyl (C=O) groups excluding carboxylic acids is 2. The zero-order valence-corrected chi connectivity index (χ0v) is 20.4.